The zero-order valence-electron chi connectivity index (χ0n) is 13.8. The van der Waals surface area contributed by atoms with E-state index in [1.165, 1.54) is 16.2 Å². The van der Waals surface area contributed by atoms with Crippen molar-refractivity contribution in [2.75, 3.05) is 12.4 Å². The van der Waals surface area contributed by atoms with Gasteiger partial charge in [0.1, 0.15) is 5.01 Å². The lowest BCUT2D eigenvalue weighted by atomic mass is 10.2. The second-order valence-corrected chi connectivity index (χ2v) is 8.05. The summed E-state index contributed by atoms with van der Waals surface area (Å²) in [5.41, 5.74) is 0.676. The number of nitrogens with zero attached hydrogens (tertiary/aromatic N) is 3. The summed E-state index contributed by atoms with van der Waals surface area (Å²) >= 11 is 8.88. The maximum Gasteiger partial charge on any atom is 0.286 e. The highest BCUT2D eigenvalue weighted by Gasteiger charge is 2.17. The highest BCUT2D eigenvalue weighted by atomic mass is 35.5. The van der Waals surface area contributed by atoms with Crippen molar-refractivity contribution in [3.05, 3.63) is 61.7 Å². The number of aromatic nitrogens is 2. The molecular formula is C17H17ClN4OS2. The Morgan fingerprint density at radius 3 is 2.72 bits per heavy atom. The van der Waals surface area contributed by atoms with E-state index >= 15 is 0 Å². The number of carbonyl (C=O) groups is 1. The fourth-order valence-corrected chi connectivity index (χ4v) is 4.00. The maximum absolute atomic E-state index is 12.3. The van der Waals surface area contributed by atoms with E-state index in [1.807, 2.05) is 7.05 Å². The van der Waals surface area contributed by atoms with E-state index in [1.54, 1.807) is 35.6 Å². The number of rotatable bonds is 6. The highest BCUT2D eigenvalue weighted by molar-refractivity contribution is 7.13. The molecule has 0 saturated carbocycles. The van der Waals surface area contributed by atoms with Gasteiger partial charge in [0.2, 0.25) is 5.01 Å². The van der Waals surface area contributed by atoms with Gasteiger partial charge in [-0.15, -0.1) is 21.5 Å². The Morgan fingerprint density at radius 2 is 2.04 bits per heavy atom. The second-order valence-electron chi connectivity index (χ2n) is 5.57. The van der Waals surface area contributed by atoms with E-state index in [4.69, 9.17) is 11.6 Å². The van der Waals surface area contributed by atoms with Gasteiger partial charge in [-0.3, -0.25) is 9.69 Å². The fraction of sp³-hybridized carbons (Fsp3) is 0.235. The average Bonchev–Trinajstić information content (AvgIpc) is 3.28. The summed E-state index contributed by atoms with van der Waals surface area (Å²) in [6.45, 7) is 2.80. The third-order valence-electron chi connectivity index (χ3n) is 3.76. The van der Waals surface area contributed by atoms with Crippen molar-refractivity contribution in [3.8, 4) is 0 Å². The summed E-state index contributed by atoms with van der Waals surface area (Å²) in [5.74, 6) is -0.264. The lowest BCUT2D eigenvalue weighted by Crippen LogP contribution is -2.21. The molecule has 0 aliphatic heterocycles. The molecule has 25 heavy (non-hydrogen) atoms. The van der Waals surface area contributed by atoms with Crippen LogP contribution >= 0.6 is 34.3 Å². The number of hydrogen-bond acceptors (Lipinski definition) is 6. The number of benzene rings is 1. The van der Waals surface area contributed by atoms with Gasteiger partial charge in [0.05, 0.1) is 6.54 Å². The van der Waals surface area contributed by atoms with Crippen LogP contribution < -0.4 is 5.32 Å². The first-order valence-corrected chi connectivity index (χ1v) is 9.73. The van der Waals surface area contributed by atoms with Crippen LogP contribution in [-0.4, -0.2) is 28.1 Å². The number of carbonyl (C=O) groups excluding carboxylic acids is 1. The molecule has 1 N–H and O–H groups in total. The molecule has 2 heterocycles. The third kappa shape index (κ3) is 4.64. The standard InChI is InChI=1S/C17H17ClN4OS2/c1-11(14-4-3-9-24-14)22(2)10-15-20-21-17(25-15)16(23)19-13-7-5-12(18)6-8-13/h3-9,11H,10H2,1-2H3,(H,19,23)/t11-/m1/s1. The van der Waals surface area contributed by atoms with Crippen LogP contribution in [0.15, 0.2) is 41.8 Å². The van der Waals surface area contributed by atoms with Crippen molar-refractivity contribution in [3.63, 3.8) is 0 Å². The van der Waals surface area contributed by atoms with E-state index in [0.717, 1.165) is 5.01 Å². The molecule has 0 radical (unpaired) electrons. The van der Waals surface area contributed by atoms with Crippen molar-refractivity contribution in [2.24, 2.45) is 0 Å². The Balaban J connectivity index is 1.61. The fourth-order valence-electron chi connectivity index (χ4n) is 2.22. The van der Waals surface area contributed by atoms with Gasteiger partial charge in [0, 0.05) is 21.6 Å². The predicted molar refractivity (Wildman–Crippen MR) is 104 cm³/mol. The molecule has 5 nitrogen and oxygen atoms in total. The lowest BCUT2D eigenvalue weighted by Gasteiger charge is -2.22. The Hall–Kier alpha value is -1.80. The first-order chi connectivity index (χ1) is 12.0. The summed E-state index contributed by atoms with van der Waals surface area (Å²) in [4.78, 5) is 15.8. The molecule has 0 unspecified atom stereocenters. The molecule has 0 fully saturated rings. The summed E-state index contributed by atoms with van der Waals surface area (Å²) in [6.07, 6.45) is 0. The van der Waals surface area contributed by atoms with E-state index in [0.29, 0.717) is 22.3 Å². The van der Waals surface area contributed by atoms with Crippen molar-refractivity contribution < 1.29 is 4.79 Å². The summed E-state index contributed by atoms with van der Waals surface area (Å²) in [7, 11) is 2.04. The highest BCUT2D eigenvalue weighted by Crippen LogP contribution is 2.25. The minimum Gasteiger partial charge on any atom is -0.320 e. The van der Waals surface area contributed by atoms with Crippen LogP contribution in [0.1, 0.15) is 32.7 Å². The van der Waals surface area contributed by atoms with Crippen LogP contribution in [0.5, 0.6) is 0 Å². The zero-order valence-corrected chi connectivity index (χ0v) is 16.2. The number of amides is 1. The van der Waals surface area contributed by atoms with Gasteiger partial charge in [-0.25, -0.2) is 0 Å². The Morgan fingerprint density at radius 1 is 1.28 bits per heavy atom. The molecule has 3 rings (SSSR count). The van der Waals surface area contributed by atoms with Crippen molar-refractivity contribution in [2.45, 2.75) is 19.5 Å². The van der Waals surface area contributed by atoms with Crippen LogP contribution in [-0.2, 0) is 6.54 Å². The first-order valence-electron chi connectivity index (χ1n) is 7.66. The summed E-state index contributed by atoms with van der Waals surface area (Å²) < 4.78 is 0. The van der Waals surface area contributed by atoms with Crippen molar-refractivity contribution >= 4 is 45.9 Å². The topological polar surface area (TPSA) is 58.1 Å². The summed E-state index contributed by atoms with van der Waals surface area (Å²) in [5, 5.41) is 14.8. The normalized spacial score (nSPS) is 12.3. The van der Waals surface area contributed by atoms with Crippen molar-refractivity contribution in [1.29, 1.82) is 0 Å². The van der Waals surface area contributed by atoms with E-state index < -0.39 is 0 Å². The number of nitrogens with one attached hydrogen (secondary N) is 1. The quantitative estimate of drug-likeness (QED) is 0.660. The molecular weight excluding hydrogens is 376 g/mol. The molecule has 1 amide bonds. The van der Waals surface area contributed by atoms with Gasteiger partial charge in [0.25, 0.3) is 5.91 Å². The van der Waals surface area contributed by atoms with Crippen LogP contribution in [0, 0.1) is 0 Å². The van der Waals surface area contributed by atoms with Gasteiger partial charge >= 0.3 is 0 Å². The Bertz CT molecular complexity index is 833. The van der Waals surface area contributed by atoms with Gasteiger partial charge in [-0.05, 0) is 49.7 Å². The molecule has 8 heteroatoms. The molecule has 0 aliphatic rings. The van der Waals surface area contributed by atoms with Crippen LogP contribution in [0.25, 0.3) is 0 Å². The SMILES string of the molecule is C[C@H](c1cccs1)N(C)Cc1nnc(C(=O)Nc2ccc(Cl)cc2)s1. The van der Waals surface area contributed by atoms with E-state index in [2.05, 4.69) is 44.9 Å². The second kappa shape index (κ2) is 8.05. The predicted octanol–water partition coefficient (Wildman–Crippen LogP) is 4.70. The largest absolute Gasteiger partial charge is 0.320 e. The van der Waals surface area contributed by atoms with E-state index in [-0.39, 0.29) is 11.9 Å². The number of hydrogen-bond donors (Lipinski definition) is 1. The molecule has 130 valence electrons. The van der Waals surface area contributed by atoms with Gasteiger partial charge in [0.15, 0.2) is 0 Å². The maximum atomic E-state index is 12.3. The van der Waals surface area contributed by atoms with Crippen molar-refractivity contribution in [1.82, 2.24) is 15.1 Å². The van der Waals surface area contributed by atoms with Crippen LogP contribution in [0.2, 0.25) is 5.02 Å². The number of anilines is 1. The van der Waals surface area contributed by atoms with Gasteiger partial charge in [-0.2, -0.15) is 0 Å². The molecule has 0 aliphatic carbocycles. The molecule has 1 aromatic carbocycles. The summed E-state index contributed by atoms with van der Waals surface area (Å²) in [6, 6.07) is 11.4. The van der Waals surface area contributed by atoms with Gasteiger partial charge in [-0.1, -0.05) is 29.0 Å². The zero-order chi connectivity index (χ0) is 17.8. The third-order valence-corrected chi connectivity index (χ3v) is 5.97. The number of thiophene rings is 1. The Kier molecular flexibility index (Phi) is 5.80. The average molecular weight is 393 g/mol. The van der Waals surface area contributed by atoms with Crippen LogP contribution in [0.3, 0.4) is 0 Å². The molecule has 0 spiro atoms. The Labute approximate surface area is 159 Å². The minimum absolute atomic E-state index is 0.264. The smallest absolute Gasteiger partial charge is 0.286 e. The lowest BCUT2D eigenvalue weighted by molar-refractivity contribution is 0.102. The van der Waals surface area contributed by atoms with E-state index in [9.17, 15) is 4.79 Å². The van der Waals surface area contributed by atoms with Gasteiger partial charge < -0.3 is 5.32 Å². The molecule has 0 bridgehead atoms. The van der Waals surface area contributed by atoms with Crippen LogP contribution in [0.4, 0.5) is 5.69 Å². The monoisotopic (exact) mass is 392 g/mol. The molecule has 0 saturated heterocycles. The number of halogens is 1. The molecule has 2 aromatic heterocycles. The molecule has 3 aromatic rings. The minimum atomic E-state index is -0.264. The first kappa shape index (κ1) is 18.0. The molecule has 1 atom stereocenters.